The maximum absolute atomic E-state index is 11.4. The molecule has 4 N–H and O–H groups in total. The Morgan fingerprint density at radius 2 is 2.07 bits per heavy atom. The number of nitrogens with zero attached hydrogens (tertiary/aromatic N) is 5. The summed E-state index contributed by atoms with van der Waals surface area (Å²) in [6, 6.07) is 10.2. The molecule has 1 aliphatic rings. The van der Waals surface area contributed by atoms with Gasteiger partial charge in [-0.15, -0.1) is 0 Å². The zero-order chi connectivity index (χ0) is 19.8. The van der Waals surface area contributed by atoms with Gasteiger partial charge in [0.05, 0.1) is 12.2 Å². The molecule has 1 aliphatic carbocycles. The van der Waals surface area contributed by atoms with Gasteiger partial charge in [-0.2, -0.15) is 19.6 Å². The number of rotatable bonds is 5. The first-order valence-electron chi connectivity index (χ1n) is 9.26. The monoisotopic (exact) mass is 390 g/mol. The molecule has 4 aromatic rings. The van der Waals surface area contributed by atoms with Gasteiger partial charge in [-0.25, -0.2) is 9.79 Å². The van der Waals surface area contributed by atoms with Crippen molar-refractivity contribution in [3.8, 4) is 5.88 Å². The molecule has 3 aromatic heterocycles. The van der Waals surface area contributed by atoms with Gasteiger partial charge in [0.15, 0.2) is 5.65 Å². The Labute approximate surface area is 163 Å². The largest absolute Gasteiger partial charge is 0.493 e. The van der Waals surface area contributed by atoms with E-state index in [-0.39, 0.29) is 17.6 Å². The van der Waals surface area contributed by atoms with Gasteiger partial charge < -0.3 is 15.4 Å². The lowest BCUT2D eigenvalue weighted by atomic mass is 10.2. The lowest BCUT2D eigenvalue weighted by Crippen LogP contribution is -2.24. The number of aromatic hydroxyl groups is 1. The van der Waals surface area contributed by atoms with Gasteiger partial charge in [-0.1, -0.05) is 30.3 Å². The second-order valence-corrected chi connectivity index (χ2v) is 6.87. The van der Waals surface area contributed by atoms with Crippen LogP contribution in [0.3, 0.4) is 0 Å². The van der Waals surface area contributed by atoms with Crippen molar-refractivity contribution < 1.29 is 5.11 Å². The average molecular weight is 390 g/mol. The number of benzene rings is 1. The SMILES string of the molecule is O=c1[nH]c(O)c(/C=c2/cnn3c(=NC4CC4)nc(NCc4ccccc4)nc23)[nH]1. The molecule has 0 unspecified atom stereocenters. The second kappa shape index (κ2) is 6.89. The first-order chi connectivity index (χ1) is 14.2. The molecule has 3 heterocycles. The summed E-state index contributed by atoms with van der Waals surface area (Å²) in [5.41, 5.74) is 1.86. The Kier molecular flexibility index (Phi) is 4.08. The minimum Gasteiger partial charge on any atom is -0.493 e. The summed E-state index contributed by atoms with van der Waals surface area (Å²) in [4.78, 5) is 29.9. The Balaban J connectivity index is 1.61. The standard InChI is InChI=1S/C19H18N8O2/c28-16-14(23-19(29)25-16)8-12-10-21-27-15(12)24-17(26-18(27)22-13-6-7-13)20-9-11-4-2-1-3-5-11/h1-5,8,10,13,28H,6-7,9H2,(H,20,22,26)(H2,23,25,29)/b12-8-. The van der Waals surface area contributed by atoms with E-state index in [1.165, 1.54) is 0 Å². The normalized spacial score (nSPS) is 15.3. The molecule has 10 nitrogen and oxygen atoms in total. The number of nitrogens with one attached hydrogen (secondary N) is 3. The molecule has 0 atom stereocenters. The third-order valence-corrected chi connectivity index (χ3v) is 4.55. The van der Waals surface area contributed by atoms with Crippen LogP contribution < -0.4 is 21.8 Å². The molecule has 1 aromatic carbocycles. The van der Waals surface area contributed by atoms with Crippen LogP contribution in [0.2, 0.25) is 0 Å². The zero-order valence-corrected chi connectivity index (χ0v) is 15.3. The van der Waals surface area contributed by atoms with E-state index in [4.69, 9.17) is 0 Å². The molecular formula is C19H18N8O2. The van der Waals surface area contributed by atoms with E-state index >= 15 is 0 Å². The van der Waals surface area contributed by atoms with E-state index in [1.807, 2.05) is 30.3 Å². The minimum absolute atomic E-state index is 0.242. The highest BCUT2D eigenvalue weighted by molar-refractivity contribution is 5.57. The van der Waals surface area contributed by atoms with Crippen LogP contribution in [0.1, 0.15) is 24.1 Å². The molecule has 0 radical (unpaired) electrons. The predicted molar refractivity (Wildman–Crippen MR) is 105 cm³/mol. The van der Waals surface area contributed by atoms with Crippen LogP contribution in [0.4, 0.5) is 5.95 Å². The van der Waals surface area contributed by atoms with Gasteiger partial charge in [0.2, 0.25) is 11.8 Å². The summed E-state index contributed by atoms with van der Waals surface area (Å²) >= 11 is 0. The molecule has 1 saturated carbocycles. The van der Waals surface area contributed by atoms with Gasteiger partial charge in [0, 0.05) is 11.8 Å². The smallest absolute Gasteiger partial charge is 0.326 e. The fourth-order valence-corrected chi connectivity index (χ4v) is 2.94. The Morgan fingerprint density at radius 1 is 1.24 bits per heavy atom. The molecule has 0 amide bonds. The predicted octanol–water partition coefficient (Wildman–Crippen LogP) is 0.0692. The summed E-state index contributed by atoms with van der Waals surface area (Å²) in [6.45, 7) is 0.568. The van der Waals surface area contributed by atoms with Gasteiger partial charge >= 0.3 is 5.69 Å². The fourth-order valence-electron chi connectivity index (χ4n) is 2.94. The molecule has 1 fully saturated rings. The van der Waals surface area contributed by atoms with Crippen molar-refractivity contribution in [1.82, 2.24) is 29.5 Å². The number of imidazole rings is 1. The van der Waals surface area contributed by atoms with Crippen molar-refractivity contribution in [1.29, 1.82) is 0 Å². The molecule has 0 aliphatic heterocycles. The highest BCUT2D eigenvalue weighted by Crippen LogP contribution is 2.22. The third kappa shape index (κ3) is 3.59. The van der Waals surface area contributed by atoms with E-state index in [0.29, 0.717) is 29.0 Å². The molecule has 0 spiro atoms. The second-order valence-electron chi connectivity index (χ2n) is 6.87. The van der Waals surface area contributed by atoms with Crippen molar-refractivity contribution in [2.24, 2.45) is 4.99 Å². The van der Waals surface area contributed by atoms with Crippen LogP contribution in [0.5, 0.6) is 5.88 Å². The van der Waals surface area contributed by atoms with Crippen LogP contribution in [0.25, 0.3) is 11.7 Å². The average Bonchev–Trinajstić information content (AvgIpc) is 3.36. The van der Waals surface area contributed by atoms with Gasteiger partial charge in [-0.05, 0) is 24.5 Å². The van der Waals surface area contributed by atoms with E-state index in [1.54, 1.807) is 16.8 Å². The zero-order valence-electron chi connectivity index (χ0n) is 15.3. The molecule has 5 rings (SSSR count). The third-order valence-electron chi connectivity index (χ3n) is 4.55. The van der Waals surface area contributed by atoms with Crippen LogP contribution in [0, 0.1) is 0 Å². The number of aromatic nitrogens is 6. The summed E-state index contributed by atoms with van der Waals surface area (Å²) < 4.78 is 1.57. The Bertz CT molecular complexity index is 1350. The Hall–Kier alpha value is -3.95. The van der Waals surface area contributed by atoms with Crippen molar-refractivity contribution in [2.45, 2.75) is 25.4 Å². The van der Waals surface area contributed by atoms with E-state index in [9.17, 15) is 9.90 Å². The quantitative estimate of drug-likeness (QED) is 0.381. The molecular weight excluding hydrogens is 372 g/mol. The van der Waals surface area contributed by atoms with Crippen LogP contribution in [-0.2, 0) is 6.54 Å². The van der Waals surface area contributed by atoms with Crippen LogP contribution in [0.15, 0.2) is 46.3 Å². The minimum atomic E-state index is -0.491. The molecule has 146 valence electrons. The van der Waals surface area contributed by atoms with Gasteiger partial charge in [0.1, 0.15) is 5.69 Å². The van der Waals surface area contributed by atoms with Gasteiger partial charge in [0.25, 0.3) is 5.62 Å². The maximum atomic E-state index is 11.4. The van der Waals surface area contributed by atoms with Crippen molar-refractivity contribution >= 4 is 17.7 Å². The number of hydrogen-bond donors (Lipinski definition) is 4. The van der Waals surface area contributed by atoms with E-state index < -0.39 is 5.69 Å². The van der Waals surface area contributed by atoms with Crippen molar-refractivity contribution in [2.75, 3.05) is 5.32 Å². The number of H-pyrrole nitrogens is 2. The highest BCUT2D eigenvalue weighted by atomic mass is 16.3. The van der Waals surface area contributed by atoms with E-state index in [2.05, 4.69) is 35.3 Å². The van der Waals surface area contributed by atoms with Crippen molar-refractivity contribution in [3.05, 3.63) is 69.1 Å². The van der Waals surface area contributed by atoms with Crippen molar-refractivity contribution in [3.63, 3.8) is 0 Å². The summed E-state index contributed by atoms with van der Waals surface area (Å²) in [6.07, 6.45) is 5.28. The number of hydrogen-bond acceptors (Lipinski definition) is 7. The molecule has 10 heteroatoms. The Morgan fingerprint density at radius 3 is 2.79 bits per heavy atom. The maximum Gasteiger partial charge on any atom is 0.326 e. The lowest BCUT2D eigenvalue weighted by molar-refractivity contribution is 0.454. The fraction of sp³-hybridized carbons (Fsp3) is 0.211. The summed E-state index contributed by atoms with van der Waals surface area (Å²) in [7, 11) is 0. The van der Waals surface area contributed by atoms with Crippen LogP contribution >= 0.6 is 0 Å². The lowest BCUT2D eigenvalue weighted by Gasteiger charge is -2.05. The molecule has 0 saturated heterocycles. The number of aromatic amines is 2. The van der Waals surface area contributed by atoms with E-state index in [0.717, 1.165) is 18.4 Å². The summed E-state index contributed by atoms with van der Waals surface area (Å²) in [5.74, 6) is 0.191. The summed E-state index contributed by atoms with van der Waals surface area (Å²) in [5, 5.41) is 18.0. The first-order valence-corrected chi connectivity index (χ1v) is 9.26. The highest BCUT2D eigenvalue weighted by Gasteiger charge is 2.21. The number of anilines is 1. The topological polar surface area (TPSA) is 136 Å². The first kappa shape index (κ1) is 17.2. The molecule has 29 heavy (non-hydrogen) atoms. The molecule has 0 bridgehead atoms. The van der Waals surface area contributed by atoms with Crippen LogP contribution in [-0.4, -0.2) is 40.7 Å². The number of fused-ring (bicyclic) bond motifs is 1. The van der Waals surface area contributed by atoms with Gasteiger partial charge in [-0.3, -0.25) is 4.98 Å².